The standard InChI is InChI=1S/C13H25NO3/c1-2-17-13(16)5-7-14(8-6-13)12-4-3-11(9-12)10-15/h11-12,15-16H,2-10H2,1H3/t11-,12+/m0/s1. The third-order valence-corrected chi connectivity index (χ3v) is 4.28. The van der Waals surface area contributed by atoms with Crippen LogP contribution in [0.2, 0.25) is 0 Å². The highest BCUT2D eigenvalue weighted by Crippen LogP contribution is 2.32. The van der Waals surface area contributed by atoms with Gasteiger partial charge in [-0.05, 0) is 32.1 Å². The molecule has 2 N–H and O–H groups in total. The molecular weight excluding hydrogens is 218 g/mol. The zero-order valence-electron chi connectivity index (χ0n) is 10.8. The number of likely N-dealkylation sites (tertiary alicyclic amines) is 1. The number of hydrogen-bond acceptors (Lipinski definition) is 4. The van der Waals surface area contributed by atoms with E-state index >= 15 is 0 Å². The van der Waals surface area contributed by atoms with Crippen LogP contribution in [0.25, 0.3) is 0 Å². The van der Waals surface area contributed by atoms with Gasteiger partial charge in [-0.1, -0.05) is 0 Å². The molecule has 1 aliphatic heterocycles. The van der Waals surface area contributed by atoms with E-state index in [1.54, 1.807) is 0 Å². The summed E-state index contributed by atoms with van der Waals surface area (Å²) < 4.78 is 5.41. The first-order valence-corrected chi connectivity index (χ1v) is 6.88. The second-order valence-electron chi connectivity index (χ2n) is 5.43. The molecule has 2 rings (SSSR count). The minimum atomic E-state index is -0.889. The summed E-state index contributed by atoms with van der Waals surface area (Å²) in [6, 6.07) is 0.610. The van der Waals surface area contributed by atoms with E-state index < -0.39 is 5.79 Å². The van der Waals surface area contributed by atoms with Crippen molar-refractivity contribution in [2.75, 3.05) is 26.3 Å². The average Bonchev–Trinajstić information content (AvgIpc) is 2.78. The van der Waals surface area contributed by atoms with Crippen molar-refractivity contribution in [2.24, 2.45) is 5.92 Å². The Morgan fingerprint density at radius 3 is 2.53 bits per heavy atom. The first-order chi connectivity index (χ1) is 8.17. The SMILES string of the molecule is CCOC1(O)CCN([C@@H]2CC[C@H](CO)C2)CC1. The number of ether oxygens (including phenoxy) is 1. The van der Waals surface area contributed by atoms with E-state index in [1.165, 1.54) is 6.42 Å². The van der Waals surface area contributed by atoms with Gasteiger partial charge in [-0.25, -0.2) is 0 Å². The van der Waals surface area contributed by atoms with Crippen LogP contribution in [0.3, 0.4) is 0 Å². The van der Waals surface area contributed by atoms with Crippen LogP contribution >= 0.6 is 0 Å². The summed E-state index contributed by atoms with van der Waals surface area (Å²) >= 11 is 0. The van der Waals surface area contributed by atoms with Gasteiger partial charge in [-0.15, -0.1) is 0 Å². The number of hydrogen-bond donors (Lipinski definition) is 2. The minimum Gasteiger partial charge on any atom is -0.396 e. The lowest BCUT2D eigenvalue weighted by molar-refractivity contribution is -0.225. The van der Waals surface area contributed by atoms with Crippen molar-refractivity contribution in [3.63, 3.8) is 0 Å². The van der Waals surface area contributed by atoms with Crippen molar-refractivity contribution >= 4 is 0 Å². The molecule has 0 aromatic carbocycles. The van der Waals surface area contributed by atoms with Gasteiger partial charge in [-0.2, -0.15) is 0 Å². The van der Waals surface area contributed by atoms with Crippen molar-refractivity contribution in [2.45, 2.75) is 50.9 Å². The van der Waals surface area contributed by atoms with Crippen LogP contribution in [-0.2, 0) is 4.74 Å². The van der Waals surface area contributed by atoms with E-state index in [9.17, 15) is 5.11 Å². The van der Waals surface area contributed by atoms with E-state index in [0.717, 1.165) is 25.9 Å². The predicted octanol–water partition coefficient (Wildman–Crippen LogP) is 0.968. The molecule has 0 radical (unpaired) electrons. The molecule has 4 heteroatoms. The molecule has 2 aliphatic rings. The minimum absolute atomic E-state index is 0.327. The zero-order valence-corrected chi connectivity index (χ0v) is 10.8. The van der Waals surface area contributed by atoms with Crippen molar-refractivity contribution in [3.8, 4) is 0 Å². The lowest BCUT2D eigenvalue weighted by atomic mass is 10.0. The molecule has 0 aromatic heterocycles. The highest BCUT2D eigenvalue weighted by Gasteiger charge is 2.37. The third-order valence-electron chi connectivity index (χ3n) is 4.28. The summed E-state index contributed by atoms with van der Waals surface area (Å²) in [7, 11) is 0. The first-order valence-electron chi connectivity index (χ1n) is 6.88. The average molecular weight is 243 g/mol. The van der Waals surface area contributed by atoms with Crippen LogP contribution in [0.4, 0.5) is 0 Å². The van der Waals surface area contributed by atoms with Crippen LogP contribution in [-0.4, -0.2) is 53.2 Å². The smallest absolute Gasteiger partial charge is 0.167 e. The molecule has 0 spiro atoms. The molecule has 1 saturated heterocycles. The Labute approximate surface area is 104 Å². The second kappa shape index (κ2) is 5.65. The van der Waals surface area contributed by atoms with Crippen LogP contribution in [0.15, 0.2) is 0 Å². The molecule has 1 aliphatic carbocycles. The molecule has 0 bridgehead atoms. The van der Waals surface area contributed by atoms with Crippen LogP contribution in [0.1, 0.15) is 39.0 Å². The van der Waals surface area contributed by atoms with Crippen molar-refractivity contribution in [3.05, 3.63) is 0 Å². The number of aliphatic hydroxyl groups is 2. The van der Waals surface area contributed by atoms with Gasteiger partial charge in [-0.3, -0.25) is 4.90 Å². The molecule has 2 atom stereocenters. The molecule has 1 heterocycles. The molecule has 100 valence electrons. The normalized spacial score (nSPS) is 34.1. The van der Waals surface area contributed by atoms with Gasteiger partial charge in [0.1, 0.15) is 0 Å². The molecule has 4 nitrogen and oxygen atoms in total. The second-order valence-corrected chi connectivity index (χ2v) is 5.43. The van der Waals surface area contributed by atoms with Crippen LogP contribution in [0, 0.1) is 5.92 Å². The van der Waals surface area contributed by atoms with Crippen molar-refractivity contribution in [1.29, 1.82) is 0 Å². The van der Waals surface area contributed by atoms with Crippen LogP contribution < -0.4 is 0 Å². The lowest BCUT2D eigenvalue weighted by Crippen LogP contribution is -2.49. The quantitative estimate of drug-likeness (QED) is 0.722. The fourth-order valence-corrected chi connectivity index (χ4v) is 3.20. The lowest BCUT2D eigenvalue weighted by Gasteiger charge is -2.40. The summed E-state index contributed by atoms with van der Waals surface area (Å²) in [6.45, 7) is 4.66. The molecule has 17 heavy (non-hydrogen) atoms. The summed E-state index contributed by atoms with van der Waals surface area (Å²) in [5.41, 5.74) is 0. The maximum atomic E-state index is 10.1. The Hall–Kier alpha value is -0.160. The predicted molar refractivity (Wildman–Crippen MR) is 65.6 cm³/mol. The number of rotatable bonds is 4. The molecule has 0 aromatic rings. The van der Waals surface area contributed by atoms with E-state index in [-0.39, 0.29) is 0 Å². The Balaban J connectivity index is 1.79. The maximum absolute atomic E-state index is 10.1. The molecule has 2 fully saturated rings. The number of piperidine rings is 1. The number of aliphatic hydroxyl groups excluding tert-OH is 1. The van der Waals surface area contributed by atoms with Crippen molar-refractivity contribution in [1.82, 2.24) is 4.90 Å². The van der Waals surface area contributed by atoms with Crippen LogP contribution in [0.5, 0.6) is 0 Å². The zero-order chi connectivity index (χ0) is 12.3. The Morgan fingerprint density at radius 1 is 1.29 bits per heavy atom. The largest absolute Gasteiger partial charge is 0.396 e. The van der Waals surface area contributed by atoms with Crippen molar-refractivity contribution < 1.29 is 14.9 Å². The van der Waals surface area contributed by atoms with E-state index in [2.05, 4.69) is 4.90 Å². The topological polar surface area (TPSA) is 52.9 Å². The summed E-state index contributed by atoms with van der Waals surface area (Å²) in [5, 5.41) is 19.3. The Kier molecular flexibility index (Phi) is 4.42. The molecular formula is C13H25NO3. The first kappa shape index (κ1) is 13.3. The Bertz CT molecular complexity index is 239. The fraction of sp³-hybridized carbons (Fsp3) is 1.00. The van der Waals surface area contributed by atoms with E-state index in [0.29, 0.717) is 38.0 Å². The summed E-state index contributed by atoms with van der Waals surface area (Å²) in [5.74, 6) is -0.395. The van der Waals surface area contributed by atoms with Gasteiger partial charge in [0.05, 0.1) is 0 Å². The van der Waals surface area contributed by atoms with Gasteiger partial charge in [0.25, 0.3) is 0 Å². The summed E-state index contributed by atoms with van der Waals surface area (Å²) in [4.78, 5) is 2.46. The molecule has 1 saturated carbocycles. The highest BCUT2D eigenvalue weighted by molar-refractivity contribution is 4.87. The summed E-state index contributed by atoms with van der Waals surface area (Å²) in [6.07, 6.45) is 4.87. The van der Waals surface area contributed by atoms with Gasteiger partial charge >= 0.3 is 0 Å². The monoisotopic (exact) mass is 243 g/mol. The van der Waals surface area contributed by atoms with E-state index in [4.69, 9.17) is 9.84 Å². The van der Waals surface area contributed by atoms with Gasteiger partial charge in [0.2, 0.25) is 0 Å². The third kappa shape index (κ3) is 3.19. The van der Waals surface area contributed by atoms with Gasteiger partial charge in [0, 0.05) is 45.2 Å². The van der Waals surface area contributed by atoms with Gasteiger partial charge < -0.3 is 14.9 Å². The van der Waals surface area contributed by atoms with E-state index in [1.807, 2.05) is 6.92 Å². The highest BCUT2D eigenvalue weighted by atomic mass is 16.6. The molecule has 0 unspecified atom stereocenters. The Morgan fingerprint density at radius 2 is 2.00 bits per heavy atom. The molecule has 0 amide bonds. The maximum Gasteiger partial charge on any atom is 0.167 e. The number of nitrogens with zero attached hydrogens (tertiary/aromatic N) is 1. The fourth-order valence-electron chi connectivity index (χ4n) is 3.20. The van der Waals surface area contributed by atoms with Gasteiger partial charge in [0.15, 0.2) is 5.79 Å².